The molecule has 1 aromatic heterocycles. The third-order valence-electron chi connectivity index (χ3n) is 2.20. The van der Waals surface area contributed by atoms with E-state index in [1.165, 1.54) is 24.4 Å². The smallest absolute Gasteiger partial charge is 0.435 e. The summed E-state index contributed by atoms with van der Waals surface area (Å²) in [4.78, 5) is 18.7. The number of pyridine rings is 1. The number of hydrogen-bond donors (Lipinski definition) is 2. The molecule has 3 N–H and O–H groups in total. The number of halogens is 3. The molecule has 0 spiro atoms. The zero-order valence-corrected chi connectivity index (χ0v) is 12.8. The Morgan fingerprint density at radius 3 is 2.43 bits per heavy atom. The van der Waals surface area contributed by atoms with Gasteiger partial charge in [-0.15, -0.1) is 0 Å². The highest BCUT2D eigenvalue weighted by molar-refractivity contribution is 6.06. The number of carbonyl (C=O) groups excluding carboxylic acids is 1. The number of carbonyl (C=O) groups is 1. The number of alkyl halides is 3. The maximum absolute atomic E-state index is 13.2. The lowest BCUT2D eigenvalue weighted by molar-refractivity contribution is -0.0584. The first-order chi connectivity index (χ1) is 10.5. The van der Waals surface area contributed by atoms with Crippen LogP contribution in [0.1, 0.15) is 20.8 Å². The van der Waals surface area contributed by atoms with E-state index in [0.717, 1.165) is 0 Å². The molecule has 0 saturated carbocycles. The summed E-state index contributed by atoms with van der Waals surface area (Å²) >= 11 is 0. The first kappa shape index (κ1) is 18.5. The van der Waals surface area contributed by atoms with E-state index < -0.39 is 29.3 Å². The van der Waals surface area contributed by atoms with Crippen molar-refractivity contribution >= 4 is 17.6 Å². The van der Waals surface area contributed by atoms with Gasteiger partial charge in [-0.3, -0.25) is 5.32 Å². The molecule has 1 aromatic rings. The molecule has 0 aromatic carbocycles. The van der Waals surface area contributed by atoms with Gasteiger partial charge in [0.15, 0.2) is 11.5 Å². The van der Waals surface area contributed by atoms with Gasteiger partial charge < -0.3 is 10.5 Å². The molecule has 1 amide bonds. The van der Waals surface area contributed by atoms with Crippen LogP contribution in [0, 0.1) is 0 Å². The van der Waals surface area contributed by atoms with E-state index in [-0.39, 0.29) is 5.82 Å². The number of nitrogens with one attached hydrogen (secondary N) is 1. The van der Waals surface area contributed by atoms with E-state index in [4.69, 9.17) is 10.5 Å². The normalized spacial score (nSPS) is 13.7. The van der Waals surface area contributed by atoms with Gasteiger partial charge in [0.05, 0.1) is 5.70 Å². The van der Waals surface area contributed by atoms with Crippen LogP contribution in [-0.4, -0.2) is 28.6 Å². The molecule has 6 nitrogen and oxygen atoms in total. The van der Waals surface area contributed by atoms with Crippen LogP contribution in [0.25, 0.3) is 0 Å². The zero-order valence-electron chi connectivity index (χ0n) is 12.8. The van der Waals surface area contributed by atoms with Crippen LogP contribution in [0.15, 0.2) is 41.3 Å². The van der Waals surface area contributed by atoms with Gasteiger partial charge in [-0.2, -0.15) is 13.2 Å². The predicted octanol–water partition coefficient (Wildman–Crippen LogP) is 3.04. The van der Waals surface area contributed by atoms with E-state index >= 15 is 0 Å². The fraction of sp³-hybridized carbons (Fsp3) is 0.357. The quantitative estimate of drug-likeness (QED) is 0.834. The number of nitrogens with zero attached hydrogens (tertiary/aromatic N) is 2. The summed E-state index contributed by atoms with van der Waals surface area (Å²) in [6, 6.07) is 4.30. The van der Waals surface area contributed by atoms with Crippen LogP contribution < -0.4 is 11.1 Å². The second-order valence-electron chi connectivity index (χ2n) is 5.35. The van der Waals surface area contributed by atoms with Gasteiger partial charge in [0.25, 0.3) is 0 Å². The van der Waals surface area contributed by atoms with Crippen LogP contribution in [0.5, 0.6) is 0 Å². The van der Waals surface area contributed by atoms with E-state index in [2.05, 4.69) is 9.98 Å². The van der Waals surface area contributed by atoms with Crippen LogP contribution in [0.4, 0.5) is 23.8 Å². The highest BCUT2D eigenvalue weighted by Crippen LogP contribution is 2.24. The number of ether oxygens (including phenoxy) is 1. The van der Waals surface area contributed by atoms with Crippen molar-refractivity contribution in [1.82, 2.24) is 10.3 Å². The highest BCUT2D eigenvalue weighted by Gasteiger charge is 2.39. The number of nitrogens with two attached hydrogens (primary N) is 1. The molecule has 126 valence electrons. The standard InChI is InChI=1S/C14H17F3N4O2/c1-13(2,3)23-12(22)20-9(8-18)11(14(15,16)17)21-10-6-4-5-7-19-10/h4-8H,18H2,1-3H3,(H,20,22)/b9-8+,21-11-. The summed E-state index contributed by atoms with van der Waals surface area (Å²) in [5.74, 6) is -0.176. The molecule has 0 bridgehead atoms. The Kier molecular flexibility index (Phi) is 5.72. The molecule has 0 aliphatic rings. The third kappa shape index (κ3) is 6.37. The molecule has 0 fully saturated rings. The van der Waals surface area contributed by atoms with Crippen molar-refractivity contribution in [2.24, 2.45) is 10.7 Å². The number of hydrogen-bond acceptors (Lipinski definition) is 5. The lowest BCUT2D eigenvalue weighted by Crippen LogP contribution is -2.38. The van der Waals surface area contributed by atoms with Crippen molar-refractivity contribution in [3.05, 3.63) is 36.3 Å². The number of aliphatic imine (C=N–C) groups is 1. The lowest BCUT2D eigenvalue weighted by atomic mass is 10.2. The lowest BCUT2D eigenvalue weighted by Gasteiger charge is -2.21. The molecular weight excluding hydrogens is 313 g/mol. The highest BCUT2D eigenvalue weighted by atomic mass is 19.4. The van der Waals surface area contributed by atoms with Gasteiger partial charge in [-0.25, -0.2) is 14.8 Å². The van der Waals surface area contributed by atoms with Crippen LogP contribution in [0.3, 0.4) is 0 Å². The summed E-state index contributed by atoms with van der Waals surface area (Å²) in [5.41, 5.74) is 2.22. The minimum absolute atomic E-state index is 0.176. The van der Waals surface area contributed by atoms with E-state index in [0.29, 0.717) is 6.20 Å². The third-order valence-corrected chi connectivity index (χ3v) is 2.20. The molecule has 0 aliphatic heterocycles. The molecule has 1 rings (SSSR count). The largest absolute Gasteiger partial charge is 0.444 e. The summed E-state index contributed by atoms with van der Waals surface area (Å²) in [6.45, 7) is 4.72. The second-order valence-corrected chi connectivity index (χ2v) is 5.35. The van der Waals surface area contributed by atoms with Crippen molar-refractivity contribution in [3.63, 3.8) is 0 Å². The van der Waals surface area contributed by atoms with Gasteiger partial charge >= 0.3 is 12.3 Å². The SMILES string of the molecule is CC(C)(C)OC(=O)NC(=C/N)/C(=N/c1ccccn1)C(F)(F)F. The molecular formula is C14H17F3N4O2. The van der Waals surface area contributed by atoms with Gasteiger partial charge in [-0.05, 0) is 32.9 Å². The molecule has 0 saturated heterocycles. The van der Waals surface area contributed by atoms with Crippen LogP contribution >= 0.6 is 0 Å². The molecule has 23 heavy (non-hydrogen) atoms. The molecule has 0 unspecified atom stereocenters. The van der Waals surface area contributed by atoms with E-state index in [1.54, 1.807) is 20.8 Å². The Balaban J connectivity index is 3.11. The number of alkyl carbamates (subject to hydrolysis) is 1. The number of rotatable bonds is 3. The van der Waals surface area contributed by atoms with Gasteiger partial charge in [0, 0.05) is 12.4 Å². The summed E-state index contributed by atoms with van der Waals surface area (Å²) in [5, 5.41) is 1.95. The van der Waals surface area contributed by atoms with Gasteiger partial charge in [0.1, 0.15) is 5.60 Å². The molecule has 0 atom stereocenters. The fourth-order valence-electron chi connectivity index (χ4n) is 1.40. The van der Waals surface area contributed by atoms with E-state index in [9.17, 15) is 18.0 Å². The van der Waals surface area contributed by atoms with Crippen molar-refractivity contribution in [3.8, 4) is 0 Å². The van der Waals surface area contributed by atoms with Gasteiger partial charge in [-0.1, -0.05) is 6.07 Å². The maximum atomic E-state index is 13.2. The van der Waals surface area contributed by atoms with Crippen LogP contribution in [-0.2, 0) is 4.74 Å². The Hall–Kier alpha value is -2.58. The van der Waals surface area contributed by atoms with Crippen molar-refractivity contribution in [2.45, 2.75) is 32.5 Å². The average molecular weight is 330 g/mol. The molecule has 1 heterocycles. The number of aromatic nitrogens is 1. The Labute approximate surface area is 131 Å². The minimum atomic E-state index is -4.85. The fourth-order valence-corrected chi connectivity index (χ4v) is 1.40. The van der Waals surface area contributed by atoms with Gasteiger partial charge in [0.2, 0.25) is 0 Å². The van der Waals surface area contributed by atoms with Crippen molar-refractivity contribution in [1.29, 1.82) is 0 Å². The minimum Gasteiger partial charge on any atom is -0.444 e. The number of allylic oxidation sites excluding steroid dienone is 1. The Morgan fingerprint density at radius 2 is 2.00 bits per heavy atom. The van der Waals surface area contributed by atoms with Crippen LogP contribution in [0.2, 0.25) is 0 Å². The molecule has 0 radical (unpaired) electrons. The Morgan fingerprint density at radius 1 is 1.35 bits per heavy atom. The maximum Gasteiger partial charge on any atom is 0.435 e. The number of amides is 1. The molecule has 9 heteroatoms. The average Bonchev–Trinajstić information content (AvgIpc) is 2.40. The van der Waals surface area contributed by atoms with E-state index in [1.807, 2.05) is 5.32 Å². The molecule has 0 aliphatic carbocycles. The first-order valence-electron chi connectivity index (χ1n) is 6.52. The van der Waals surface area contributed by atoms with Crippen molar-refractivity contribution < 1.29 is 22.7 Å². The first-order valence-corrected chi connectivity index (χ1v) is 6.52. The monoisotopic (exact) mass is 330 g/mol. The Bertz CT molecular complexity index is 605. The topological polar surface area (TPSA) is 89.6 Å². The zero-order chi connectivity index (χ0) is 17.7. The second kappa shape index (κ2) is 7.12. The predicted molar refractivity (Wildman–Crippen MR) is 79.0 cm³/mol. The van der Waals surface area contributed by atoms with Crippen molar-refractivity contribution in [2.75, 3.05) is 0 Å². The summed E-state index contributed by atoms with van der Waals surface area (Å²) < 4.78 is 44.5. The summed E-state index contributed by atoms with van der Waals surface area (Å²) in [7, 11) is 0. The summed E-state index contributed by atoms with van der Waals surface area (Å²) in [6.07, 6.45) is -4.04.